The van der Waals surface area contributed by atoms with Crippen molar-refractivity contribution in [2.75, 3.05) is 0 Å². The summed E-state index contributed by atoms with van der Waals surface area (Å²) < 4.78 is 3.69. The summed E-state index contributed by atoms with van der Waals surface area (Å²) in [5.74, 6) is 0.889. The van der Waals surface area contributed by atoms with Gasteiger partial charge >= 0.3 is 0 Å². The van der Waals surface area contributed by atoms with Crippen molar-refractivity contribution in [3.8, 4) is 11.4 Å². The smallest absolute Gasteiger partial charge is 0.251 e. The van der Waals surface area contributed by atoms with E-state index in [4.69, 9.17) is 0 Å². The molecule has 27 heavy (non-hydrogen) atoms. The van der Waals surface area contributed by atoms with Crippen LogP contribution in [-0.2, 0) is 13.6 Å². The maximum atomic E-state index is 12.6. The van der Waals surface area contributed by atoms with Crippen LogP contribution in [0, 0.1) is 5.92 Å². The SMILES string of the molecule is Cn1ncnc1-c1ccc(C(=O)N[C@@H]2CC(Cn3ccnc3)C[C@H]2O)cc1. The van der Waals surface area contributed by atoms with Crippen LogP contribution in [0.1, 0.15) is 23.2 Å². The van der Waals surface area contributed by atoms with Gasteiger partial charge in [-0.15, -0.1) is 0 Å². The second-order valence-electron chi connectivity index (χ2n) is 7.03. The maximum Gasteiger partial charge on any atom is 0.251 e. The topological polar surface area (TPSA) is 97.9 Å². The van der Waals surface area contributed by atoms with Crippen LogP contribution in [0.5, 0.6) is 0 Å². The third-order valence-electron chi connectivity index (χ3n) is 5.09. The van der Waals surface area contributed by atoms with Crippen LogP contribution in [0.25, 0.3) is 11.4 Å². The van der Waals surface area contributed by atoms with Gasteiger partial charge in [-0.25, -0.2) is 14.6 Å². The van der Waals surface area contributed by atoms with E-state index in [1.54, 1.807) is 29.3 Å². The summed E-state index contributed by atoms with van der Waals surface area (Å²) in [7, 11) is 1.82. The van der Waals surface area contributed by atoms with Crippen molar-refractivity contribution in [1.82, 2.24) is 29.6 Å². The first-order valence-corrected chi connectivity index (χ1v) is 8.99. The highest BCUT2D eigenvalue weighted by Gasteiger charge is 2.34. The number of nitrogens with one attached hydrogen (secondary N) is 1. The summed E-state index contributed by atoms with van der Waals surface area (Å²) in [5.41, 5.74) is 1.46. The monoisotopic (exact) mass is 366 g/mol. The quantitative estimate of drug-likeness (QED) is 0.708. The van der Waals surface area contributed by atoms with Crippen molar-refractivity contribution in [3.05, 3.63) is 54.9 Å². The fourth-order valence-electron chi connectivity index (χ4n) is 3.70. The van der Waals surface area contributed by atoms with E-state index < -0.39 is 6.10 Å². The second kappa shape index (κ2) is 7.32. The Morgan fingerprint density at radius 3 is 2.78 bits per heavy atom. The molecular formula is C19H22N6O2. The molecule has 4 rings (SSSR count). The predicted octanol–water partition coefficient (Wildman–Crippen LogP) is 1.25. The molecule has 0 radical (unpaired) electrons. The minimum atomic E-state index is -0.527. The van der Waals surface area contributed by atoms with Gasteiger partial charge in [0.2, 0.25) is 0 Å². The van der Waals surface area contributed by atoms with Crippen LogP contribution in [0.15, 0.2) is 49.3 Å². The first-order valence-electron chi connectivity index (χ1n) is 8.99. The van der Waals surface area contributed by atoms with Gasteiger partial charge in [-0.3, -0.25) is 4.79 Å². The number of nitrogens with zero attached hydrogens (tertiary/aromatic N) is 5. The minimum Gasteiger partial charge on any atom is -0.391 e. The number of hydrogen-bond donors (Lipinski definition) is 2. The van der Waals surface area contributed by atoms with Crippen molar-refractivity contribution in [2.24, 2.45) is 13.0 Å². The molecule has 140 valence electrons. The van der Waals surface area contributed by atoms with Crippen LogP contribution in [0.2, 0.25) is 0 Å². The van der Waals surface area contributed by atoms with Gasteiger partial charge < -0.3 is 15.0 Å². The Kier molecular flexibility index (Phi) is 4.72. The Hall–Kier alpha value is -3.00. The number of imidazole rings is 1. The van der Waals surface area contributed by atoms with Crippen molar-refractivity contribution in [1.29, 1.82) is 0 Å². The van der Waals surface area contributed by atoms with Gasteiger partial charge in [0.05, 0.1) is 18.5 Å². The minimum absolute atomic E-state index is 0.174. The molecule has 3 aromatic rings. The molecule has 1 unspecified atom stereocenters. The number of aromatic nitrogens is 5. The van der Waals surface area contributed by atoms with Gasteiger partial charge in [-0.1, -0.05) is 12.1 Å². The largest absolute Gasteiger partial charge is 0.391 e. The van der Waals surface area contributed by atoms with Crippen LogP contribution in [-0.4, -0.2) is 47.5 Å². The van der Waals surface area contributed by atoms with E-state index >= 15 is 0 Å². The van der Waals surface area contributed by atoms with Gasteiger partial charge in [0, 0.05) is 37.1 Å². The lowest BCUT2D eigenvalue weighted by Gasteiger charge is -2.16. The standard InChI is InChI=1S/C19H22N6O2/c1-24-18(21-11-22-24)14-2-4-15(5-3-14)19(27)23-16-8-13(9-17(16)26)10-25-7-6-20-12-25/h2-7,11-13,16-17,26H,8-10H2,1H3,(H,23,27)/t13?,16-,17-/m1/s1. The summed E-state index contributed by atoms with van der Waals surface area (Å²) in [5, 5.41) is 17.4. The van der Waals surface area contributed by atoms with Gasteiger partial charge in [-0.2, -0.15) is 5.10 Å². The van der Waals surface area contributed by atoms with E-state index in [2.05, 4.69) is 20.4 Å². The normalized spacial score (nSPS) is 22.1. The Balaban J connectivity index is 1.38. The summed E-state index contributed by atoms with van der Waals surface area (Å²) in [6, 6.07) is 7.01. The number of carbonyl (C=O) groups is 1. The lowest BCUT2D eigenvalue weighted by Crippen LogP contribution is -2.39. The van der Waals surface area contributed by atoms with Crippen molar-refractivity contribution in [2.45, 2.75) is 31.5 Å². The van der Waals surface area contributed by atoms with E-state index in [9.17, 15) is 9.90 Å². The molecule has 1 aliphatic carbocycles. The number of rotatable bonds is 5. The molecule has 1 fully saturated rings. The third kappa shape index (κ3) is 3.75. The van der Waals surface area contributed by atoms with E-state index in [-0.39, 0.29) is 11.9 Å². The maximum absolute atomic E-state index is 12.6. The first-order chi connectivity index (χ1) is 13.1. The van der Waals surface area contributed by atoms with Gasteiger partial charge in [0.1, 0.15) is 6.33 Å². The zero-order valence-corrected chi connectivity index (χ0v) is 15.1. The van der Waals surface area contributed by atoms with E-state index in [1.165, 1.54) is 6.33 Å². The van der Waals surface area contributed by atoms with Crippen LogP contribution < -0.4 is 5.32 Å². The highest BCUT2D eigenvalue weighted by atomic mass is 16.3. The summed E-state index contributed by atoms with van der Waals surface area (Å²) in [6.45, 7) is 0.801. The Morgan fingerprint density at radius 2 is 2.11 bits per heavy atom. The fourth-order valence-corrected chi connectivity index (χ4v) is 3.70. The number of aliphatic hydroxyl groups excluding tert-OH is 1. The molecule has 2 aromatic heterocycles. The molecule has 0 aliphatic heterocycles. The molecule has 1 saturated carbocycles. The summed E-state index contributed by atoms with van der Waals surface area (Å²) >= 11 is 0. The fraction of sp³-hybridized carbons (Fsp3) is 0.368. The molecule has 3 atom stereocenters. The Morgan fingerprint density at radius 1 is 1.30 bits per heavy atom. The van der Waals surface area contributed by atoms with Gasteiger partial charge in [0.25, 0.3) is 5.91 Å². The molecule has 1 aromatic carbocycles. The second-order valence-corrected chi connectivity index (χ2v) is 7.03. The van der Waals surface area contributed by atoms with Crippen molar-refractivity contribution in [3.63, 3.8) is 0 Å². The third-order valence-corrected chi connectivity index (χ3v) is 5.09. The molecule has 0 spiro atoms. The first kappa shape index (κ1) is 17.4. The highest BCUT2D eigenvalue weighted by molar-refractivity contribution is 5.94. The number of aryl methyl sites for hydroxylation is 1. The number of carbonyl (C=O) groups excluding carboxylic acids is 1. The molecule has 1 aliphatic rings. The van der Waals surface area contributed by atoms with Crippen LogP contribution in [0.3, 0.4) is 0 Å². The molecular weight excluding hydrogens is 344 g/mol. The van der Waals surface area contributed by atoms with Crippen molar-refractivity contribution >= 4 is 5.91 Å². The summed E-state index contributed by atoms with van der Waals surface area (Å²) in [4.78, 5) is 20.8. The van der Waals surface area contributed by atoms with Crippen LogP contribution >= 0.6 is 0 Å². The Labute approximate surface area is 156 Å². The van der Waals surface area contributed by atoms with E-state index in [0.29, 0.717) is 17.9 Å². The molecule has 0 bridgehead atoms. The van der Waals surface area contributed by atoms with E-state index in [1.807, 2.05) is 29.9 Å². The number of amides is 1. The van der Waals surface area contributed by atoms with Gasteiger partial charge in [0.15, 0.2) is 5.82 Å². The van der Waals surface area contributed by atoms with Crippen molar-refractivity contribution < 1.29 is 9.90 Å². The lowest BCUT2D eigenvalue weighted by atomic mass is 10.1. The zero-order chi connectivity index (χ0) is 18.8. The predicted molar refractivity (Wildman–Crippen MR) is 98.7 cm³/mol. The molecule has 2 heterocycles. The van der Waals surface area contributed by atoms with Gasteiger partial charge in [-0.05, 0) is 30.9 Å². The average Bonchev–Trinajstić information content (AvgIpc) is 3.39. The van der Waals surface area contributed by atoms with Crippen LogP contribution in [0.4, 0.5) is 0 Å². The highest BCUT2D eigenvalue weighted by Crippen LogP contribution is 2.28. The summed E-state index contributed by atoms with van der Waals surface area (Å²) in [6.07, 6.45) is 7.83. The lowest BCUT2D eigenvalue weighted by molar-refractivity contribution is 0.0873. The molecule has 8 nitrogen and oxygen atoms in total. The number of benzene rings is 1. The van der Waals surface area contributed by atoms with E-state index in [0.717, 1.165) is 24.4 Å². The Bertz CT molecular complexity index is 903. The average molecular weight is 366 g/mol. The zero-order valence-electron chi connectivity index (χ0n) is 15.1. The number of hydrogen-bond acceptors (Lipinski definition) is 5. The number of aliphatic hydroxyl groups is 1. The molecule has 0 saturated heterocycles. The molecule has 1 amide bonds. The molecule has 8 heteroatoms. The molecule has 2 N–H and O–H groups in total.